The first kappa shape index (κ1) is 25.0. The maximum Gasteiger partial charge on any atom is 0.360 e. The highest BCUT2D eigenvalue weighted by Gasteiger charge is 2.67. The van der Waals surface area contributed by atoms with Crippen molar-refractivity contribution >= 4 is 29.7 Å². The molecule has 0 spiro atoms. The number of hydrogen-bond acceptors (Lipinski definition) is 10. The molecule has 2 aromatic heterocycles. The molecule has 0 aromatic carbocycles. The fourth-order valence-corrected chi connectivity index (χ4v) is 3.97. The second-order valence-corrected chi connectivity index (χ2v) is 9.37. The van der Waals surface area contributed by atoms with Crippen LogP contribution in [-0.4, -0.2) is 61.7 Å². The summed E-state index contributed by atoms with van der Waals surface area (Å²) in [6.07, 6.45) is 4.18. The Bertz CT molecular complexity index is 1180. The van der Waals surface area contributed by atoms with E-state index in [0.29, 0.717) is 5.92 Å². The van der Waals surface area contributed by atoms with Crippen molar-refractivity contribution in [3.63, 3.8) is 0 Å². The Hall–Kier alpha value is -3.64. The van der Waals surface area contributed by atoms with E-state index in [2.05, 4.69) is 39.7 Å². The summed E-state index contributed by atoms with van der Waals surface area (Å²) in [4.78, 5) is 52.4. The van der Waals surface area contributed by atoms with Crippen LogP contribution in [0.2, 0.25) is 0 Å². The smallest absolute Gasteiger partial charge is 0.360 e. The van der Waals surface area contributed by atoms with Crippen molar-refractivity contribution in [1.29, 1.82) is 0 Å². The fraction of sp³-hybridized carbons (Fsp3) is 0.619. The molecule has 1 fully saturated rings. The summed E-state index contributed by atoms with van der Waals surface area (Å²) < 4.78 is 12.4. The molecule has 1 aliphatic carbocycles. The topological polar surface area (TPSA) is 159 Å². The molecule has 3 rings (SSSR count). The Morgan fingerprint density at radius 2 is 2.00 bits per heavy atom. The zero-order valence-corrected chi connectivity index (χ0v) is 19.9. The quantitative estimate of drug-likeness (QED) is 0.223. The van der Waals surface area contributed by atoms with Gasteiger partial charge < -0.3 is 9.47 Å². The van der Waals surface area contributed by atoms with Gasteiger partial charge in [0.1, 0.15) is 6.33 Å². The van der Waals surface area contributed by atoms with Gasteiger partial charge in [-0.05, 0) is 24.2 Å². The summed E-state index contributed by atoms with van der Waals surface area (Å²) in [5.74, 6) is -1.35. The molecule has 13 heteroatoms. The Labute approximate surface area is 195 Å². The van der Waals surface area contributed by atoms with Crippen molar-refractivity contribution in [2.24, 2.45) is 28.9 Å². The van der Waals surface area contributed by atoms with Crippen molar-refractivity contribution in [1.82, 2.24) is 29.8 Å². The highest BCUT2D eigenvalue weighted by molar-refractivity contribution is 5.93. The van der Waals surface area contributed by atoms with E-state index >= 15 is 0 Å². The number of aryl methyl sites for hydroxylation is 1. The highest BCUT2D eigenvalue weighted by atomic mass is 16.5. The molecule has 2 aromatic rings. The van der Waals surface area contributed by atoms with Crippen LogP contribution in [0.5, 0.6) is 0 Å². The number of hydrazone groups is 1. The van der Waals surface area contributed by atoms with Crippen LogP contribution in [0.25, 0.3) is 5.65 Å². The van der Waals surface area contributed by atoms with Gasteiger partial charge in [-0.2, -0.15) is 9.78 Å². The van der Waals surface area contributed by atoms with Gasteiger partial charge in [0, 0.05) is 19.7 Å². The van der Waals surface area contributed by atoms with E-state index in [-0.39, 0.29) is 35.8 Å². The summed E-state index contributed by atoms with van der Waals surface area (Å²) in [6, 6.07) is 0. The number of nitrogens with zero attached hydrogens (tertiary/aromatic N) is 6. The lowest BCUT2D eigenvalue weighted by atomic mass is 9.87. The molecule has 1 atom stereocenters. The van der Waals surface area contributed by atoms with Gasteiger partial charge in [-0.1, -0.05) is 32.9 Å². The normalized spacial score (nSPS) is 18.9. The van der Waals surface area contributed by atoms with Crippen LogP contribution in [0.1, 0.15) is 57.4 Å². The predicted molar refractivity (Wildman–Crippen MR) is 119 cm³/mol. The third-order valence-corrected chi connectivity index (χ3v) is 5.85. The van der Waals surface area contributed by atoms with Gasteiger partial charge in [0.15, 0.2) is 17.9 Å². The number of aromatic nitrogens is 5. The van der Waals surface area contributed by atoms with E-state index in [9.17, 15) is 19.2 Å². The molecule has 34 heavy (non-hydrogen) atoms. The van der Waals surface area contributed by atoms with Crippen LogP contribution in [0.3, 0.4) is 0 Å². The molecule has 0 aliphatic heterocycles. The molecule has 0 bridgehead atoms. The molecule has 1 amide bonds. The summed E-state index contributed by atoms with van der Waals surface area (Å²) >= 11 is 0. The molecule has 0 radical (unpaired) electrons. The number of imidazole rings is 1. The van der Waals surface area contributed by atoms with Gasteiger partial charge in [0.05, 0.1) is 12.0 Å². The summed E-state index contributed by atoms with van der Waals surface area (Å²) in [5.41, 5.74) is 0.958. The van der Waals surface area contributed by atoms with Crippen LogP contribution in [0.15, 0.2) is 16.2 Å². The SMILES string of the molecule is CC(C)CC1(C(=O)OCC(=O)N/N=C/CCOC(=O)c2ncn3c(=O)n(C)nnc23)CC1(C)C. The number of ether oxygens (including phenoxy) is 2. The van der Waals surface area contributed by atoms with E-state index in [1.54, 1.807) is 0 Å². The lowest BCUT2D eigenvalue weighted by molar-refractivity contribution is -0.156. The summed E-state index contributed by atoms with van der Waals surface area (Å²) in [5, 5.41) is 11.1. The van der Waals surface area contributed by atoms with Gasteiger partial charge >= 0.3 is 17.6 Å². The third-order valence-electron chi connectivity index (χ3n) is 5.85. The van der Waals surface area contributed by atoms with Gasteiger partial charge in [-0.3, -0.25) is 9.59 Å². The molecule has 1 aliphatic rings. The average Bonchev–Trinajstić information content (AvgIpc) is 3.10. The van der Waals surface area contributed by atoms with Crippen LogP contribution < -0.4 is 11.1 Å². The van der Waals surface area contributed by atoms with Crippen molar-refractivity contribution in [2.75, 3.05) is 13.2 Å². The minimum absolute atomic E-state index is 0.00617. The monoisotopic (exact) mass is 475 g/mol. The van der Waals surface area contributed by atoms with E-state index in [1.165, 1.54) is 19.6 Å². The summed E-state index contributed by atoms with van der Waals surface area (Å²) in [7, 11) is 1.42. The lowest BCUT2D eigenvalue weighted by Crippen LogP contribution is -2.30. The Morgan fingerprint density at radius 1 is 1.29 bits per heavy atom. The molecule has 2 heterocycles. The maximum absolute atomic E-state index is 12.6. The third kappa shape index (κ3) is 5.13. The van der Waals surface area contributed by atoms with Crippen LogP contribution in [0.4, 0.5) is 0 Å². The Morgan fingerprint density at radius 3 is 2.65 bits per heavy atom. The highest BCUT2D eigenvalue weighted by Crippen LogP contribution is 2.67. The second kappa shape index (κ2) is 9.69. The first-order chi connectivity index (χ1) is 16.0. The van der Waals surface area contributed by atoms with Crippen molar-refractivity contribution in [3.8, 4) is 0 Å². The molecule has 0 saturated heterocycles. The fourth-order valence-electron chi connectivity index (χ4n) is 3.97. The van der Waals surface area contributed by atoms with Crippen molar-refractivity contribution in [2.45, 2.75) is 47.0 Å². The lowest BCUT2D eigenvalue weighted by Gasteiger charge is -2.20. The zero-order valence-electron chi connectivity index (χ0n) is 19.9. The number of carbonyl (C=O) groups is 3. The predicted octanol–water partition coefficient (Wildman–Crippen LogP) is 0.478. The number of amides is 1. The molecule has 184 valence electrons. The molecular formula is C21H29N7O6. The average molecular weight is 476 g/mol. The molecule has 13 nitrogen and oxygen atoms in total. The second-order valence-electron chi connectivity index (χ2n) is 9.37. The zero-order chi connectivity index (χ0) is 25.1. The minimum atomic E-state index is -0.771. The summed E-state index contributed by atoms with van der Waals surface area (Å²) in [6.45, 7) is 7.69. The van der Waals surface area contributed by atoms with Crippen LogP contribution in [0, 0.1) is 16.7 Å². The van der Waals surface area contributed by atoms with Crippen molar-refractivity contribution in [3.05, 3.63) is 22.5 Å². The van der Waals surface area contributed by atoms with Crippen LogP contribution in [-0.2, 0) is 26.1 Å². The molecular weight excluding hydrogens is 446 g/mol. The maximum atomic E-state index is 12.6. The number of hydrogen-bond donors (Lipinski definition) is 1. The number of carbonyl (C=O) groups excluding carboxylic acids is 3. The Balaban J connectivity index is 1.39. The van der Waals surface area contributed by atoms with Crippen molar-refractivity contribution < 1.29 is 23.9 Å². The number of nitrogens with one attached hydrogen (secondary N) is 1. The molecule has 1 saturated carbocycles. The number of fused-ring (bicyclic) bond motifs is 1. The van der Waals surface area contributed by atoms with Gasteiger partial charge in [0.2, 0.25) is 0 Å². The van der Waals surface area contributed by atoms with Crippen LogP contribution >= 0.6 is 0 Å². The van der Waals surface area contributed by atoms with E-state index in [1.807, 2.05) is 13.8 Å². The van der Waals surface area contributed by atoms with E-state index in [4.69, 9.17) is 9.47 Å². The molecule has 1 unspecified atom stereocenters. The number of rotatable bonds is 10. The molecule has 1 N–H and O–H groups in total. The van der Waals surface area contributed by atoms with E-state index in [0.717, 1.165) is 21.9 Å². The minimum Gasteiger partial charge on any atom is -0.460 e. The number of esters is 2. The largest absolute Gasteiger partial charge is 0.460 e. The first-order valence-electron chi connectivity index (χ1n) is 10.9. The van der Waals surface area contributed by atoms with Gasteiger partial charge in [-0.15, -0.1) is 5.10 Å². The van der Waals surface area contributed by atoms with Gasteiger partial charge in [-0.25, -0.2) is 24.4 Å². The van der Waals surface area contributed by atoms with Gasteiger partial charge in [0.25, 0.3) is 5.91 Å². The standard InChI is InChI=1S/C21H29N7O6/c1-13(2)9-21(11-20(21,3)4)18(31)34-10-14(29)24-23-7-6-8-33-17(30)15-16-25-26-27(5)19(32)28(16)12-22-15/h7,12-13H,6,8-11H2,1-5H3,(H,24,29)/b23-7+. The Kier molecular flexibility index (Phi) is 7.12. The first-order valence-corrected chi connectivity index (χ1v) is 10.9. The van der Waals surface area contributed by atoms with E-state index < -0.39 is 29.6 Å².